The number of amides is 1. The first-order valence-corrected chi connectivity index (χ1v) is 7.32. The molecule has 0 spiro atoms. The van der Waals surface area contributed by atoms with Crippen molar-refractivity contribution >= 4 is 17.8 Å². The second-order valence-electron chi connectivity index (χ2n) is 5.06. The van der Waals surface area contributed by atoms with Crippen LogP contribution in [0.4, 0.5) is 10.1 Å². The molecule has 3 aromatic rings. The zero-order valence-electron chi connectivity index (χ0n) is 13.1. The van der Waals surface area contributed by atoms with E-state index in [1.54, 1.807) is 18.3 Å². The van der Waals surface area contributed by atoms with E-state index in [9.17, 15) is 19.3 Å². The Morgan fingerprint density at radius 1 is 1.31 bits per heavy atom. The number of hydrogen-bond donors (Lipinski definition) is 1. The standard InChI is InChI=1S/C17H11FN4O4/c18-12-3-5-14(15(8-12)22(24)25)16-6-4-13(26-16)10-20-21-17(23)11-2-1-7-19-9-11/h1-10H,(H,21,23)/b20-10-. The van der Waals surface area contributed by atoms with Gasteiger partial charge in [-0.3, -0.25) is 19.9 Å². The predicted molar refractivity (Wildman–Crippen MR) is 90.1 cm³/mol. The van der Waals surface area contributed by atoms with Crippen LogP contribution in [0.3, 0.4) is 0 Å². The first-order chi connectivity index (χ1) is 12.5. The molecule has 1 aromatic carbocycles. The van der Waals surface area contributed by atoms with E-state index in [2.05, 4.69) is 15.5 Å². The van der Waals surface area contributed by atoms with E-state index in [0.29, 0.717) is 5.56 Å². The number of hydrazone groups is 1. The molecule has 0 aliphatic carbocycles. The minimum Gasteiger partial charge on any atom is -0.455 e. The van der Waals surface area contributed by atoms with Crippen molar-refractivity contribution in [3.05, 3.63) is 82.1 Å². The van der Waals surface area contributed by atoms with Gasteiger partial charge in [0.1, 0.15) is 17.3 Å². The molecule has 0 aliphatic rings. The maximum absolute atomic E-state index is 13.2. The largest absolute Gasteiger partial charge is 0.455 e. The molecule has 0 saturated heterocycles. The van der Waals surface area contributed by atoms with Crippen LogP contribution in [0.5, 0.6) is 0 Å². The molecule has 1 N–H and O–H groups in total. The van der Waals surface area contributed by atoms with Crippen LogP contribution >= 0.6 is 0 Å². The molecule has 0 saturated carbocycles. The lowest BCUT2D eigenvalue weighted by molar-refractivity contribution is -0.384. The molecule has 26 heavy (non-hydrogen) atoms. The van der Waals surface area contributed by atoms with Crippen LogP contribution in [0, 0.1) is 15.9 Å². The first-order valence-electron chi connectivity index (χ1n) is 7.32. The molecule has 2 aromatic heterocycles. The smallest absolute Gasteiger partial charge is 0.283 e. The van der Waals surface area contributed by atoms with Gasteiger partial charge in [-0.25, -0.2) is 9.82 Å². The number of carbonyl (C=O) groups excluding carboxylic acids is 1. The van der Waals surface area contributed by atoms with Crippen molar-refractivity contribution in [2.45, 2.75) is 0 Å². The van der Waals surface area contributed by atoms with Crippen molar-refractivity contribution in [1.82, 2.24) is 10.4 Å². The zero-order valence-corrected chi connectivity index (χ0v) is 13.1. The molecule has 3 rings (SSSR count). The van der Waals surface area contributed by atoms with E-state index in [4.69, 9.17) is 4.42 Å². The summed E-state index contributed by atoms with van der Waals surface area (Å²) in [5.41, 5.74) is 2.37. The highest BCUT2D eigenvalue weighted by Crippen LogP contribution is 2.31. The highest BCUT2D eigenvalue weighted by molar-refractivity contribution is 5.94. The predicted octanol–water partition coefficient (Wildman–Crippen LogP) is 3.15. The van der Waals surface area contributed by atoms with E-state index in [1.165, 1.54) is 30.6 Å². The van der Waals surface area contributed by atoms with Gasteiger partial charge < -0.3 is 4.42 Å². The Hall–Kier alpha value is -3.88. The van der Waals surface area contributed by atoms with Gasteiger partial charge in [0, 0.05) is 12.4 Å². The lowest BCUT2D eigenvalue weighted by Crippen LogP contribution is -2.17. The van der Waals surface area contributed by atoms with Crippen LogP contribution in [0.1, 0.15) is 16.1 Å². The molecule has 0 unspecified atom stereocenters. The number of halogens is 1. The molecular formula is C17H11FN4O4. The summed E-state index contributed by atoms with van der Waals surface area (Å²) >= 11 is 0. The first kappa shape index (κ1) is 17.0. The van der Waals surface area contributed by atoms with E-state index in [1.807, 2.05) is 0 Å². The van der Waals surface area contributed by atoms with Gasteiger partial charge >= 0.3 is 0 Å². The number of pyridine rings is 1. The third-order valence-electron chi connectivity index (χ3n) is 3.33. The number of nitrogens with zero attached hydrogens (tertiary/aromatic N) is 3. The number of rotatable bonds is 5. The van der Waals surface area contributed by atoms with Crippen LogP contribution in [0.25, 0.3) is 11.3 Å². The summed E-state index contributed by atoms with van der Waals surface area (Å²) < 4.78 is 18.7. The molecule has 0 fully saturated rings. The third kappa shape index (κ3) is 3.78. The number of nitro groups is 1. The van der Waals surface area contributed by atoms with E-state index < -0.39 is 22.3 Å². The van der Waals surface area contributed by atoms with Gasteiger partial charge in [-0.2, -0.15) is 5.10 Å². The molecule has 9 heteroatoms. The molecule has 0 radical (unpaired) electrons. The number of hydrogen-bond acceptors (Lipinski definition) is 6. The normalized spacial score (nSPS) is 10.8. The van der Waals surface area contributed by atoms with Crippen molar-refractivity contribution in [2.75, 3.05) is 0 Å². The Morgan fingerprint density at radius 3 is 2.88 bits per heavy atom. The molecule has 130 valence electrons. The van der Waals surface area contributed by atoms with Crippen LogP contribution in [-0.2, 0) is 0 Å². The Kier molecular flexibility index (Phi) is 4.79. The number of benzene rings is 1. The molecule has 2 heterocycles. The van der Waals surface area contributed by atoms with Crippen molar-refractivity contribution in [1.29, 1.82) is 0 Å². The Balaban J connectivity index is 1.75. The highest BCUT2D eigenvalue weighted by atomic mass is 19.1. The Morgan fingerprint density at radius 2 is 2.15 bits per heavy atom. The van der Waals surface area contributed by atoms with Gasteiger partial charge in [-0.05, 0) is 36.4 Å². The summed E-state index contributed by atoms with van der Waals surface area (Å²) in [5.74, 6) is -0.732. The summed E-state index contributed by atoms with van der Waals surface area (Å²) in [6, 6.07) is 9.39. The second kappa shape index (κ2) is 7.34. The minimum absolute atomic E-state index is 0.135. The number of carbonyl (C=O) groups is 1. The van der Waals surface area contributed by atoms with Crippen LogP contribution in [-0.4, -0.2) is 22.0 Å². The van der Waals surface area contributed by atoms with Crippen molar-refractivity contribution < 1.29 is 18.5 Å². The number of nitrogens with one attached hydrogen (secondary N) is 1. The summed E-state index contributed by atoms with van der Waals surface area (Å²) in [5, 5.41) is 14.8. The molecular weight excluding hydrogens is 343 g/mol. The summed E-state index contributed by atoms with van der Waals surface area (Å²) in [7, 11) is 0. The quantitative estimate of drug-likeness (QED) is 0.430. The van der Waals surface area contributed by atoms with Gasteiger partial charge in [0.15, 0.2) is 0 Å². The number of nitro benzene ring substituents is 1. The van der Waals surface area contributed by atoms with Gasteiger partial charge in [0.25, 0.3) is 11.6 Å². The maximum Gasteiger partial charge on any atom is 0.283 e. The summed E-state index contributed by atoms with van der Waals surface area (Å²) in [4.78, 5) is 26.0. The number of furan rings is 1. The van der Waals surface area contributed by atoms with Gasteiger partial charge in [0.2, 0.25) is 0 Å². The average Bonchev–Trinajstić information content (AvgIpc) is 3.11. The lowest BCUT2D eigenvalue weighted by atomic mass is 10.1. The van der Waals surface area contributed by atoms with Crippen LogP contribution in [0.15, 0.2) is 64.4 Å². The van der Waals surface area contributed by atoms with Crippen molar-refractivity contribution in [3.8, 4) is 11.3 Å². The topological polar surface area (TPSA) is 111 Å². The fraction of sp³-hybridized carbons (Fsp3) is 0. The Labute approximate surface area is 146 Å². The lowest BCUT2D eigenvalue weighted by Gasteiger charge is -2.00. The Bertz CT molecular complexity index is 985. The summed E-state index contributed by atoms with van der Waals surface area (Å²) in [6.45, 7) is 0. The molecule has 0 aliphatic heterocycles. The maximum atomic E-state index is 13.2. The van der Waals surface area contributed by atoms with Crippen molar-refractivity contribution in [3.63, 3.8) is 0 Å². The van der Waals surface area contributed by atoms with E-state index >= 15 is 0 Å². The second-order valence-corrected chi connectivity index (χ2v) is 5.06. The third-order valence-corrected chi connectivity index (χ3v) is 3.33. The SMILES string of the molecule is O=C(N/N=C\c1ccc(-c2ccc(F)cc2[N+](=O)[O-])o1)c1cccnc1. The fourth-order valence-electron chi connectivity index (χ4n) is 2.15. The van der Waals surface area contributed by atoms with Crippen LogP contribution < -0.4 is 5.43 Å². The average molecular weight is 354 g/mol. The molecule has 0 bridgehead atoms. The highest BCUT2D eigenvalue weighted by Gasteiger charge is 2.19. The minimum atomic E-state index is -0.716. The molecule has 1 amide bonds. The van der Waals surface area contributed by atoms with Gasteiger partial charge in [0.05, 0.1) is 28.3 Å². The number of aromatic nitrogens is 1. The molecule has 8 nitrogen and oxygen atoms in total. The monoisotopic (exact) mass is 354 g/mol. The zero-order chi connectivity index (χ0) is 18.5. The van der Waals surface area contributed by atoms with E-state index in [-0.39, 0.29) is 17.1 Å². The van der Waals surface area contributed by atoms with Gasteiger partial charge in [-0.1, -0.05) is 0 Å². The van der Waals surface area contributed by atoms with Crippen LogP contribution in [0.2, 0.25) is 0 Å². The molecule has 0 atom stereocenters. The fourth-order valence-corrected chi connectivity index (χ4v) is 2.15. The van der Waals surface area contributed by atoms with Gasteiger partial charge in [-0.15, -0.1) is 0 Å². The van der Waals surface area contributed by atoms with E-state index in [0.717, 1.165) is 12.1 Å². The van der Waals surface area contributed by atoms with Crippen molar-refractivity contribution in [2.24, 2.45) is 5.10 Å². The summed E-state index contributed by atoms with van der Waals surface area (Å²) in [6.07, 6.45) is 4.18.